The fraction of sp³-hybridized carbons (Fsp3) is 0.294. The molecule has 0 spiro atoms. The Labute approximate surface area is 133 Å². The third kappa shape index (κ3) is 3.04. The van der Waals surface area contributed by atoms with Crippen molar-refractivity contribution >= 4 is 28.1 Å². The van der Waals surface area contributed by atoms with Crippen molar-refractivity contribution in [3.8, 4) is 0 Å². The first-order chi connectivity index (χ1) is 10.6. The monoisotopic (exact) mass is 313 g/mol. The van der Waals surface area contributed by atoms with Crippen molar-refractivity contribution in [2.45, 2.75) is 26.8 Å². The number of fused-ring (bicyclic) bond motifs is 1. The third-order valence-corrected chi connectivity index (χ3v) is 4.70. The van der Waals surface area contributed by atoms with Crippen LogP contribution in [0.5, 0.6) is 0 Å². The van der Waals surface area contributed by atoms with Crippen LogP contribution in [0.25, 0.3) is 10.9 Å². The molecule has 2 aromatic heterocycles. The van der Waals surface area contributed by atoms with Gasteiger partial charge in [-0.2, -0.15) is 5.10 Å². The number of benzene rings is 1. The second-order valence-corrected chi connectivity index (χ2v) is 6.68. The smallest absolute Gasteiger partial charge is 0.261 e. The highest BCUT2D eigenvalue weighted by atomic mass is 32.1. The van der Waals surface area contributed by atoms with Crippen LogP contribution >= 0.6 is 11.3 Å². The fourth-order valence-corrected chi connectivity index (χ4v) is 3.28. The van der Waals surface area contributed by atoms with Gasteiger partial charge < -0.3 is 5.32 Å². The van der Waals surface area contributed by atoms with Crippen LogP contribution in [0.3, 0.4) is 0 Å². The van der Waals surface area contributed by atoms with E-state index in [-0.39, 0.29) is 5.91 Å². The summed E-state index contributed by atoms with van der Waals surface area (Å²) in [5.74, 6) is 0.0132. The summed E-state index contributed by atoms with van der Waals surface area (Å²) in [4.78, 5) is 13.9. The molecule has 0 saturated heterocycles. The number of carbonyl (C=O) groups is 1. The van der Waals surface area contributed by atoms with E-state index in [1.807, 2.05) is 29.9 Å². The van der Waals surface area contributed by atoms with E-state index in [0.29, 0.717) is 6.54 Å². The van der Waals surface area contributed by atoms with E-state index in [1.54, 1.807) is 0 Å². The molecule has 1 aromatic carbocycles. The minimum Gasteiger partial charge on any atom is -0.351 e. The zero-order valence-corrected chi connectivity index (χ0v) is 13.6. The van der Waals surface area contributed by atoms with E-state index < -0.39 is 0 Å². The van der Waals surface area contributed by atoms with Crippen LogP contribution in [0, 0.1) is 13.8 Å². The lowest BCUT2D eigenvalue weighted by atomic mass is 10.1. The standard InChI is InChI=1S/C17H19N3OS/c1-12-5-3-6-15-14(12)11-19-20(15)10-4-9-18-17(21)16-8-7-13(2)22-16/h3,5-8,11H,4,9-10H2,1-2H3,(H,18,21). The van der Waals surface area contributed by atoms with Crippen LogP contribution in [0.15, 0.2) is 36.5 Å². The van der Waals surface area contributed by atoms with Gasteiger partial charge in [0.1, 0.15) is 0 Å². The summed E-state index contributed by atoms with van der Waals surface area (Å²) >= 11 is 1.53. The molecule has 22 heavy (non-hydrogen) atoms. The number of aromatic nitrogens is 2. The Morgan fingerprint density at radius 2 is 2.14 bits per heavy atom. The van der Waals surface area contributed by atoms with Gasteiger partial charge >= 0.3 is 0 Å². The molecule has 0 aliphatic rings. The van der Waals surface area contributed by atoms with Gasteiger partial charge in [-0.3, -0.25) is 9.48 Å². The van der Waals surface area contributed by atoms with Gasteiger partial charge in [0, 0.05) is 23.4 Å². The van der Waals surface area contributed by atoms with Crippen molar-refractivity contribution in [2.24, 2.45) is 0 Å². The molecule has 0 atom stereocenters. The van der Waals surface area contributed by atoms with Gasteiger partial charge in [-0.05, 0) is 44.0 Å². The molecule has 2 heterocycles. The second kappa shape index (κ2) is 6.32. The molecule has 0 aliphatic heterocycles. The van der Waals surface area contributed by atoms with E-state index in [9.17, 15) is 4.79 Å². The molecule has 0 fully saturated rings. The van der Waals surface area contributed by atoms with E-state index in [0.717, 1.165) is 28.2 Å². The molecule has 3 aromatic rings. The minimum atomic E-state index is 0.0132. The number of nitrogens with one attached hydrogen (secondary N) is 1. The van der Waals surface area contributed by atoms with Gasteiger partial charge in [-0.15, -0.1) is 11.3 Å². The quantitative estimate of drug-likeness (QED) is 0.732. The molecule has 3 rings (SSSR count). The Morgan fingerprint density at radius 3 is 2.91 bits per heavy atom. The van der Waals surface area contributed by atoms with Crippen LogP contribution in [0.4, 0.5) is 0 Å². The number of aryl methyl sites for hydroxylation is 3. The van der Waals surface area contributed by atoms with Gasteiger partial charge in [0.25, 0.3) is 5.91 Å². The third-order valence-electron chi connectivity index (χ3n) is 3.70. The van der Waals surface area contributed by atoms with Crippen molar-refractivity contribution in [3.05, 3.63) is 51.8 Å². The number of hydrogen-bond acceptors (Lipinski definition) is 3. The van der Waals surface area contributed by atoms with E-state index in [4.69, 9.17) is 0 Å². The minimum absolute atomic E-state index is 0.0132. The van der Waals surface area contributed by atoms with Gasteiger partial charge in [0.2, 0.25) is 0 Å². The summed E-state index contributed by atoms with van der Waals surface area (Å²) in [6, 6.07) is 10.1. The lowest BCUT2D eigenvalue weighted by Crippen LogP contribution is -2.24. The van der Waals surface area contributed by atoms with Crippen molar-refractivity contribution in [1.82, 2.24) is 15.1 Å². The highest BCUT2D eigenvalue weighted by Gasteiger charge is 2.07. The molecule has 1 N–H and O–H groups in total. The first-order valence-corrected chi connectivity index (χ1v) is 8.22. The Hall–Kier alpha value is -2.14. The van der Waals surface area contributed by atoms with Crippen LogP contribution in [0.2, 0.25) is 0 Å². The SMILES string of the molecule is Cc1ccc(C(=O)NCCCn2ncc3c(C)cccc32)s1. The molecular weight excluding hydrogens is 294 g/mol. The second-order valence-electron chi connectivity index (χ2n) is 5.40. The zero-order chi connectivity index (χ0) is 15.5. The lowest BCUT2D eigenvalue weighted by molar-refractivity contribution is 0.0956. The molecule has 0 saturated carbocycles. The van der Waals surface area contributed by atoms with E-state index >= 15 is 0 Å². The number of carbonyl (C=O) groups excluding carboxylic acids is 1. The van der Waals surface area contributed by atoms with E-state index in [1.165, 1.54) is 22.3 Å². The maximum Gasteiger partial charge on any atom is 0.261 e. The van der Waals surface area contributed by atoms with Crippen LogP contribution in [-0.2, 0) is 6.54 Å². The topological polar surface area (TPSA) is 46.9 Å². The van der Waals surface area contributed by atoms with Crippen molar-refractivity contribution in [3.63, 3.8) is 0 Å². The fourth-order valence-electron chi connectivity index (χ4n) is 2.50. The average Bonchev–Trinajstić information content (AvgIpc) is 3.11. The molecule has 5 heteroatoms. The number of nitrogens with zero attached hydrogens (tertiary/aromatic N) is 2. The number of thiophene rings is 1. The molecule has 0 radical (unpaired) electrons. The van der Waals surface area contributed by atoms with Gasteiger partial charge in [-0.25, -0.2) is 0 Å². The average molecular weight is 313 g/mol. The largest absolute Gasteiger partial charge is 0.351 e. The van der Waals surface area contributed by atoms with Crippen LogP contribution in [0.1, 0.15) is 26.5 Å². The Balaban J connectivity index is 1.54. The van der Waals surface area contributed by atoms with Gasteiger partial charge in [-0.1, -0.05) is 12.1 Å². The molecule has 0 unspecified atom stereocenters. The molecule has 1 amide bonds. The van der Waals surface area contributed by atoms with Gasteiger partial charge in [0.15, 0.2) is 0 Å². The predicted octanol–water partition coefficient (Wildman–Crippen LogP) is 3.53. The summed E-state index contributed by atoms with van der Waals surface area (Å²) in [6.07, 6.45) is 2.78. The normalized spacial score (nSPS) is 11.0. The molecular formula is C17H19N3OS. The van der Waals surface area contributed by atoms with Crippen molar-refractivity contribution < 1.29 is 4.79 Å². The zero-order valence-electron chi connectivity index (χ0n) is 12.8. The van der Waals surface area contributed by atoms with Crippen LogP contribution in [-0.4, -0.2) is 22.2 Å². The Bertz CT molecular complexity index is 803. The van der Waals surface area contributed by atoms with Gasteiger partial charge in [0.05, 0.1) is 16.6 Å². The van der Waals surface area contributed by atoms with Crippen molar-refractivity contribution in [2.75, 3.05) is 6.54 Å². The molecule has 4 nitrogen and oxygen atoms in total. The number of rotatable bonds is 5. The summed E-state index contributed by atoms with van der Waals surface area (Å²) in [7, 11) is 0. The highest BCUT2D eigenvalue weighted by Crippen LogP contribution is 2.18. The first-order valence-electron chi connectivity index (χ1n) is 7.41. The summed E-state index contributed by atoms with van der Waals surface area (Å²) in [5, 5.41) is 8.60. The number of hydrogen-bond donors (Lipinski definition) is 1. The Kier molecular flexibility index (Phi) is 4.24. The molecule has 0 aliphatic carbocycles. The molecule has 114 valence electrons. The van der Waals surface area contributed by atoms with Crippen molar-refractivity contribution in [1.29, 1.82) is 0 Å². The first kappa shape index (κ1) is 14.8. The predicted molar refractivity (Wildman–Crippen MR) is 90.5 cm³/mol. The lowest BCUT2D eigenvalue weighted by Gasteiger charge is -2.05. The molecule has 0 bridgehead atoms. The summed E-state index contributed by atoms with van der Waals surface area (Å²) in [5.41, 5.74) is 2.39. The van der Waals surface area contributed by atoms with Crippen LogP contribution < -0.4 is 5.32 Å². The Morgan fingerprint density at radius 1 is 1.27 bits per heavy atom. The maximum atomic E-state index is 12.0. The highest BCUT2D eigenvalue weighted by molar-refractivity contribution is 7.13. The maximum absolute atomic E-state index is 12.0. The number of amides is 1. The summed E-state index contributed by atoms with van der Waals surface area (Å²) in [6.45, 7) is 5.56. The van der Waals surface area contributed by atoms with E-state index in [2.05, 4.69) is 35.5 Å². The summed E-state index contributed by atoms with van der Waals surface area (Å²) < 4.78 is 2.00.